The highest BCUT2D eigenvalue weighted by Crippen LogP contribution is 2.31. The molecular weight excluding hydrogens is 306 g/mol. The van der Waals surface area contributed by atoms with Gasteiger partial charge in [0.15, 0.2) is 0 Å². The van der Waals surface area contributed by atoms with Crippen LogP contribution in [0.25, 0.3) is 0 Å². The van der Waals surface area contributed by atoms with Crippen molar-refractivity contribution in [2.75, 3.05) is 6.54 Å². The third-order valence-electron chi connectivity index (χ3n) is 4.64. The lowest BCUT2D eigenvalue weighted by Gasteiger charge is -2.19. The Bertz CT molecular complexity index is 721. The minimum atomic E-state index is -0.590. The molecule has 0 spiro atoms. The van der Waals surface area contributed by atoms with Gasteiger partial charge in [-0.3, -0.25) is 0 Å². The molecule has 0 aliphatic heterocycles. The summed E-state index contributed by atoms with van der Waals surface area (Å²) in [6, 6.07) is 7.15. The van der Waals surface area contributed by atoms with Crippen LogP contribution in [-0.4, -0.2) is 28.9 Å². The van der Waals surface area contributed by atoms with Crippen LogP contribution < -0.4 is 10.6 Å². The zero-order valence-corrected chi connectivity index (χ0v) is 14.2. The summed E-state index contributed by atoms with van der Waals surface area (Å²) in [5, 5.41) is 19.9. The third kappa shape index (κ3) is 3.14. The van der Waals surface area contributed by atoms with Gasteiger partial charge < -0.3 is 20.3 Å². The molecule has 1 aliphatic rings. The topological polar surface area (TPSA) is 87.4 Å². The summed E-state index contributed by atoms with van der Waals surface area (Å²) in [6.07, 6.45) is -0.0236. The van der Waals surface area contributed by atoms with Gasteiger partial charge in [0, 0.05) is 24.4 Å². The van der Waals surface area contributed by atoms with E-state index >= 15 is 0 Å². The number of carbonyl (C=O) groups excluding carboxylic acids is 1. The Morgan fingerprint density at radius 3 is 2.88 bits per heavy atom. The molecule has 128 valence electrons. The number of aliphatic hydroxyl groups excluding tert-OH is 1. The van der Waals surface area contributed by atoms with Crippen molar-refractivity contribution in [2.24, 2.45) is 0 Å². The average molecular weight is 329 g/mol. The highest BCUT2D eigenvalue weighted by Gasteiger charge is 2.31. The quantitative estimate of drug-likeness (QED) is 0.803. The molecule has 3 N–H and O–H groups in total. The van der Waals surface area contributed by atoms with Crippen LogP contribution in [-0.2, 0) is 6.42 Å². The zero-order chi connectivity index (χ0) is 17.3. The number of hydrogen-bond acceptors (Lipinski definition) is 4. The summed E-state index contributed by atoms with van der Waals surface area (Å²) in [5.74, 6) is 0.880. The van der Waals surface area contributed by atoms with Gasteiger partial charge in [-0.05, 0) is 25.0 Å². The lowest BCUT2D eigenvalue weighted by Crippen LogP contribution is -2.42. The SMILES string of the molecule is Cc1noc(C)c1[C@H](C)CNC(=O)N[C@H]1c2ccccc2C[C@H]1O. The Balaban J connectivity index is 1.59. The van der Waals surface area contributed by atoms with Crippen LogP contribution in [0.1, 0.15) is 47.0 Å². The van der Waals surface area contributed by atoms with Crippen molar-refractivity contribution in [3.8, 4) is 0 Å². The van der Waals surface area contributed by atoms with Crippen molar-refractivity contribution >= 4 is 6.03 Å². The molecule has 6 heteroatoms. The fourth-order valence-corrected chi connectivity index (χ4v) is 3.48. The van der Waals surface area contributed by atoms with Gasteiger partial charge in [0.05, 0.1) is 17.8 Å². The molecule has 24 heavy (non-hydrogen) atoms. The first kappa shape index (κ1) is 16.5. The molecule has 0 saturated carbocycles. The van der Waals surface area contributed by atoms with Crippen molar-refractivity contribution in [1.29, 1.82) is 0 Å². The van der Waals surface area contributed by atoms with E-state index in [2.05, 4.69) is 15.8 Å². The Labute approximate surface area is 141 Å². The van der Waals surface area contributed by atoms with Gasteiger partial charge in [0.2, 0.25) is 0 Å². The van der Waals surface area contributed by atoms with E-state index in [0.29, 0.717) is 13.0 Å². The molecule has 3 atom stereocenters. The molecule has 0 saturated heterocycles. The van der Waals surface area contributed by atoms with Crippen LogP contribution in [0, 0.1) is 13.8 Å². The van der Waals surface area contributed by atoms with E-state index in [-0.39, 0.29) is 18.0 Å². The maximum absolute atomic E-state index is 12.2. The molecule has 1 heterocycles. The van der Waals surface area contributed by atoms with E-state index < -0.39 is 6.10 Å². The second-order valence-electron chi connectivity index (χ2n) is 6.44. The van der Waals surface area contributed by atoms with Gasteiger partial charge in [-0.2, -0.15) is 0 Å². The predicted molar refractivity (Wildman–Crippen MR) is 89.8 cm³/mol. The van der Waals surface area contributed by atoms with Gasteiger partial charge >= 0.3 is 6.03 Å². The van der Waals surface area contributed by atoms with Crippen molar-refractivity contribution in [2.45, 2.75) is 45.3 Å². The number of benzene rings is 1. The fourth-order valence-electron chi connectivity index (χ4n) is 3.48. The van der Waals surface area contributed by atoms with Crippen LogP contribution >= 0.6 is 0 Å². The molecule has 0 bridgehead atoms. The molecule has 1 aromatic heterocycles. The van der Waals surface area contributed by atoms with Crippen LogP contribution in [0.3, 0.4) is 0 Å². The summed E-state index contributed by atoms with van der Waals surface area (Å²) >= 11 is 0. The number of carbonyl (C=O) groups is 1. The Hall–Kier alpha value is -2.34. The van der Waals surface area contributed by atoms with Gasteiger partial charge in [0.25, 0.3) is 0 Å². The number of nitrogens with zero attached hydrogens (tertiary/aromatic N) is 1. The highest BCUT2D eigenvalue weighted by molar-refractivity contribution is 5.75. The Kier molecular flexibility index (Phi) is 4.57. The number of hydrogen-bond donors (Lipinski definition) is 3. The lowest BCUT2D eigenvalue weighted by atomic mass is 10.00. The van der Waals surface area contributed by atoms with E-state index in [1.165, 1.54) is 0 Å². The molecule has 6 nitrogen and oxygen atoms in total. The number of urea groups is 1. The highest BCUT2D eigenvalue weighted by atomic mass is 16.5. The van der Waals surface area contributed by atoms with E-state index in [1.807, 2.05) is 45.0 Å². The molecule has 0 unspecified atom stereocenters. The number of fused-ring (bicyclic) bond motifs is 1. The normalized spacial score (nSPS) is 20.5. The number of aromatic nitrogens is 1. The first-order valence-electron chi connectivity index (χ1n) is 8.20. The van der Waals surface area contributed by atoms with Gasteiger partial charge in [-0.1, -0.05) is 36.3 Å². The molecule has 0 fully saturated rings. The first-order chi connectivity index (χ1) is 11.5. The minimum Gasteiger partial charge on any atom is -0.390 e. The van der Waals surface area contributed by atoms with Crippen molar-refractivity contribution in [3.05, 3.63) is 52.4 Å². The maximum Gasteiger partial charge on any atom is 0.315 e. The van der Waals surface area contributed by atoms with Crippen LogP contribution in [0.2, 0.25) is 0 Å². The summed E-state index contributed by atoms with van der Waals surface area (Å²) in [6.45, 7) is 6.26. The summed E-state index contributed by atoms with van der Waals surface area (Å²) < 4.78 is 5.17. The zero-order valence-electron chi connectivity index (χ0n) is 14.2. The van der Waals surface area contributed by atoms with Gasteiger partial charge in [0.1, 0.15) is 5.76 Å². The molecule has 1 aliphatic carbocycles. The second kappa shape index (κ2) is 6.65. The van der Waals surface area contributed by atoms with E-state index in [0.717, 1.165) is 28.1 Å². The van der Waals surface area contributed by atoms with E-state index in [1.54, 1.807) is 0 Å². The van der Waals surface area contributed by atoms with Crippen molar-refractivity contribution < 1.29 is 14.4 Å². The third-order valence-corrected chi connectivity index (χ3v) is 4.64. The number of nitrogens with one attached hydrogen (secondary N) is 2. The smallest absolute Gasteiger partial charge is 0.315 e. The first-order valence-corrected chi connectivity index (χ1v) is 8.20. The van der Waals surface area contributed by atoms with E-state index in [4.69, 9.17) is 4.52 Å². The van der Waals surface area contributed by atoms with Gasteiger partial charge in [-0.25, -0.2) is 4.79 Å². The van der Waals surface area contributed by atoms with Crippen LogP contribution in [0.4, 0.5) is 4.79 Å². The summed E-state index contributed by atoms with van der Waals surface area (Å²) in [7, 11) is 0. The molecule has 2 aromatic rings. The largest absolute Gasteiger partial charge is 0.390 e. The number of aliphatic hydroxyl groups is 1. The lowest BCUT2D eigenvalue weighted by molar-refractivity contribution is 0.142. The molecular formula is C18H23N3O3. The Morgan fingerprint density at radius 1 is 1.42 bits per heavy atom. The molecule has 0 radical (unpaired) electrons. The standard InChI is InChI=1S/C18H23N3O3/c1-10(16-11(2)21-24-12(16)3)9-19-18(23)20-17-14-7-5-4-6-13(14)8-15(17)22/h4-7,10,15,17,22H,8-9H2,1-3H3,(H2,19,20,23)/t10-,15-,17+/m1/s1. The number of aryl methyl sites for hydroxylation is 2. The Morgan fingerprint density at radius 2 is 2.17 bits per heavy atom. The minimum absolute atomic E-state index is 0.0998. The molecule has 2 amide bonds. The molecule has 1 aromatic carbocycles. The van der Waals surface area contributed by atoms with Crippen LogP contribution in [0.5, 0.6) is 0 Å². The monoisotopic (exact) mass is 329 g/mol. The predicted octanol–water partition coefficient (Wildman–Crippen LogP) is 2.35. The number of rotatable bonds is 4. The van der Waals surface area contributed by atoms with Crippen LogP contribution in [0.15, 0.2) is 28.8 Å². The summed E-state index contributed by atoms with van der Waals surface area (Å²) in [4.78, 5) is 12.2. The maximum atomic E-state index is 12.2. The van der Waals surface area contributed by atoms with Crippen molar-refractivity contribution in [3.63, 3.8) is 0 Å². The van der Waals surface area contributed by atoms with E-state index in [9.17, 15) is 9.90 Å². The second-order valence-corrected chi connectivity index (χ2v) is 6.44. The van der Waals surface area contributed by atoms with Gasteiger partial charge in [-0.15, -0.1) is 0 Å². The fraction of sp³-hybridized carbons (Fsp3) is 0.444. The molecule has 3 rings (SSSR count). The number of amides is 2. The average Bonchev–Trinajstić information content (AvgIpc) is 3.05. The van der Waals surface area contributed by atoms with Crippen molar-refractivity contribution in [1.82, 2.24) is 15.8 Å². The summed E-state index contributed by atoms with van der Waals surface area (Å²) in [5.41, 5.74) is 3.95.